The molecule has 3 heterocycles. The molecule has 6 heteroatoms. The van der Waals surface area contributed by atoms with E-state index < -0.39 is 0 Å². The predicted molar refractivity (Wildman–Crippen MR) is 103 cm³/mol. The Bertz CT molecular complexity index is 845. The number of amides is 2. The minimum atomic E-state index is -0.0106. The molecule has 1 atom stereocenters. The van der Waals surface area contributed by atoms with E-state index in [4.69, 9.17) is 0 Å². The van der Waals surface area contributed by atoms with Crippen LogP contribution in [0.25, 0.3) is 0 Å². The minimum Gasteiger partial charge on any atom is -0.353 e. The maximum atomic E-state index is 13.3. The largest absolute Gasteiger partial charge is 0.353 e. The number of nitrogens with one attached hydrogen (secondary N) is 1. The summed E-state index contributed by atoms with van der Waals surface area (Å²) in [5.74, 6) is 0.469. The molecule has 0 radical (unpaired) electrons. The third-order valence-corrected chi connectivity index (χ3v) is 6.27. The molecule has 5 nitrogen and oxygen atoms in total. The Morgan fingerprint density at radius 3 is 2.92 bits per heavy atom. The van der Waals surface area contributed by atoms with Gasteiger partial charge >= 0.3 is 0 Å². The van der Waals surface area contributed by atoms with Gasteiger partial charge in [-0.05, 0) is 43.2 Å². The fraction of sp³-hybridized carbons (Fsp3) is 0.400. The Morgan fingerprint density at radius 1 is 1.23 bits per heavy atom. The van der Waals surface area contributed by atoms with Crippen molar-refractivity contribution in [2.24, 2.45) is 7.05 Å². The molecular weight excluding hydrogens is 346 g/mol. The zero-order chi connectivity index (χ0) is 18.1. The van der Waals surface area contributed by atoms with Crippen LogP contribution in [-0.4, -0.2) is 33.6 Å². The summed E-state index contributed by atoms with van der Waals surface area (Å²) in [6, 6.07) is 9.91. The molecule has 26 heavy (non-hydrogen) atoms. The lowest BCUT2D eigenvalue weighted by atomic mass is 10.0. The van der Waals surface area contributed by atoms with Crippen molar-refractivity contribution in [2.45, 2.75) is 36.6 Å². The average molecular weight is 369 g/mol. The smallest absolute Gasteiger partial charge is 0.254 e. The number of thioether (sulfide) groups is 1. The molecule has 1 saturated heterocycles. The molecule has 2 amide bonds. The van der Waals surface area contributed by atoms with Gasteiger partial charge in [0.05, 0.1) is 17.5 Å². The molecule has 0 bridgehead atoms. The molecule has 1 aromatic carbocycles. The van der Waals surface area contributed by atoms with Crippen LogP contribution in [0.3, 0.4) is 0 Å². The van der Waals surface area contributed by atoms with Gasteiger partial charge in [-0.2, -0.15) is 0 Å². The highest BCUT2D eigenvalue weighted by Crippen LogP contribution is 2.35. The first kappa shape index (κ1) is 17.2. The predicted octanol–water partition coefficient (Wildman–Crippen LogP) is 3.83. The van der Waals surface area contributed by atoms with Crippen molar-refractivity contribution in [3.63, 3.8) is 0 Å². The first-order chi connectivity index (χ1) is 12.6. The second kappa shape index (κ2) is 7.19. The van der Waals surface area contributed by atoms with Crippen molar-refractivity contribution in [3.05, 3.63) is 47.8 Å². The van der Waals surface area contributed by atoms with Crippen LogP contribution in [-0.2, 0) is 11.8 Å². The number of aryl methyl sites for hydroxylation is 1. The summed E-state index contributed by atoms with van der Waals surface area (Å²) in [6.45, 7) is 0.771. The van der Waals surface area contributed by atoms with Gasteiger partial charge in [0, 0.05) is 35.9 Å². The zero-order valence-electron chi connectivity index (χ0n) is 14.9. The van der Waals surface area contributed by atoms with E-state index in [1.165, 1.54) is 17.5 Å². The summed E-state index contributed by atoms with van der Waals surface area (Å²) in [5, 5.41) is 2.88. The second-order valence-corrected chi connectivity index (χ2v) is 7.97. The van der Waals surface area contributed by atoms with Gasteiger partial charge < -0.3 is 14.8 Å². The number of carbonyl (C=O) groups is 2. The molecular formula is C20H23N3O2S. The van der Waals surface area contributed by atoms with Crippen molar-refractivity contribution < 1.29 is 9.59 Å². The summed E-state index contributed by atoms with van der Waals surface area (Å²) in [6.07, 6.45) is 6.35. The number of likely N-dealkylation sites (tertiary alicyclic amines) is 1. The van der Waals surface area contributed by atoms with Gasteiger partial charge in [-0.1, -0.05) is 12.8 Å². The highest BCUT2D eigenvalue weighted by atomic mass is 32.2. The first-order valence-corrected chi connectivity index (χ1v) is 10.1. The van der Waals surface area contributed by atoms with Crippen molar-refractivity contribution in [3.8, 4) is 0 Å². The number of anilines is 1. The van der Waals surface area contributed by atoms with Crippen molar-refractivity contribution in [1.82, 2.24) is 9.47 Å². The van der Waals surface area contributed by atoms with Crippen molar-refractivity contribution in [1.29, 1.82) is 0 Å². The van der Waals surface area contributed by atoms with Crippen LogP contribution in [0.4, 0.5) is 5.69 Å². The van der Waals surface area contributed by atoms with E-state index in [0.29, 0.717) is 11.3 Å². The maximum Gasteiger partial charge on any atom is 0.254 e. The standard InChI is InChI=1S/C20H23N3O2S/c1-22-10-5-7-16(22)17-6-3-2-4-11-23(17)20(25)14-8-9-18-15(12-14)21-19(24)13-26-18/h5,7-10,12,17H,2-4,6,11,13H2,1H3,(H,21,24)/t17-/m1/s1. The molecule has 4 rings (SSSR count). The third kappa shape index (κ3) is 3.26. The van der Waals surface area contributed by atoms with Gasteiger partial charge in [0.2, 0.25) is 5.91 Å². The molecule has 2 aliphatic heterocycles. The molecule has 0 unspecified atom stereocenters. The Hall–Kier alpha value is -2.21. The average Bonchev–Trinajstić information content (AvgIpc) is 2.92. The maximum absolute atomic E-state index is 13.3. The lowest BCUT2D eigenvalue weighted by molar-refractivity contribution is -0.113. The number of rotatable bonds is 2. The van der Waals surface area contributed by atoms with Crippen LogP contribution >= 0.6 is 11.8 Å². The number of aromatic nitrogens is 1. The Balaban J connectivity index is 1.65. The van der Waals surface area contributed by atoms with Crippen LogP contribution < -0.4 is 5.32 Å². The molecule has 1 aromatic heterocycles. The lowest BCUT2D eigenvalue weighted by Crippen LogP contribution is -2.35. The minimum absolute atomic E-state index is 0.0106. The van der Waals surface area contributed by atoms with Crippen molar-refractivity contribution in [2.75, 3.05) is 17.6 Å². The first-order valence-electron chi connectivity index (χ1n) is 9.12. The monoisotopic (exact) mass is 369 g/mol. The van der Waals surface area contributed by atoms with E-state index in [1.807, 2.05) is 42.4 Å². The molecule has 2 aromatic rings. The fourth-order valence-corrected chi connectivity index (χ4v) is 4.65. The van der Waals surface area contributed by atoms with Gasteiger partial charge in [-0.25, -0.2) is 0 Å². The molecule has 136 valence electrons. The van der Waals surface area contributed by atoms with Gasteiger partial charge in [0.15, 0.2) is 0 Å². The van der Waals surface area contributed by atoms with E-state index in [1.54, 1.807) is 0 Å². The SMILES string of the molecule is Cn1cccc1[C@H]1CCCCCN1C(=O)c1ccc2c(c1)NC(=O)CS2. The number of carbonyl (C=O) groups excluding carboxylic acids is 2. The van der Waals surface area contributed by atoms with Gasteiger partial charge in [0.25, 0.3) is 5.91 Å². The number of benzene rings is 1. The lowest BCUT2D eigenvalue weighted by Gasteiger charge is -2.31. The van der Waals surface area contributed by atoms with E-state index >= 15 is 0 Å². The Labute approximate surface area is 157 Å². The Morgan fingerprint density at radius 2 is 2.12 bits per heavy atom. The highest BCUT2D eigenvalue weighted by molar-refractivity contribution is 8.00. The van der Waals surface area contributed by atoms with Crippen molar-refractivity contribution >= 4 is 29.3 Å². The van der Waals surface area contributed by atoms with Crippen LogP contribution in [0.1, 0.15) is 47.8 Å². The highest BCUT2D eigenvalue weighted by Gasteiger charge is 2.29. The molecule has 1 N–H and O–H groups in total. The number of fused-ring (bicyclic) bond motifs is 1. The molecule has 0 spiro atoms. The zero-order valence-corrected chi connectivity index (χ0v) is 15.7. The summed E-state index contributed by atoms with van der Waals surface area (Å²) in [5.41, 5.74) is 2.58. The van der Waals surface area contributed by atoms with E-state index in [-0.39, 0.29) is 17.9 Å². The molecule has 1 fully saturated rings. The van der Waals surface area contributed by atoms with Crippen LogP contribution in [0.5, 0.6) is 0 Å². The molecule has 2 aliphatic rings. The van der Waals surface area contributed by atoms with E-state index in [2.05, 4.69) is 16.0 Å². The van der Waals surface area contributed by atoms with E-state index in [9.17, 15) is 9.59 Å². The number of hydrogen-bond donors (Lipinski definition) is 1. The number of hydrogen-bond acceptors (Lipinski definition) is 3. The Kier molecular flexibility index (Phi) is 4.76. The van der Waals surface area contributed by atoms with Gasteiger partial charge in [-0.3, -0.25) is 9.59 Å². The molecule has 0 aliphatic carbocycles. The van der Waals surface area contributed by atoms with Crippen LogP contribution in [0, 0.1) is 0 Å². The topological polar surface area (TPSA) is 54.3 Å². The van der Waals surface area contributed by atoms with E-state index in [0.717, 1.165) is 42.8 Å². The van der Waals surface area contributed by atoms with Crippen LogP contribution in [0.2, 0.25) is 0 Å². The summed E-state index contributed by atoms with van der Waals surface area (Å²) in [4.78, 5) is 28.0. The van der Waals surface area contributed by atoms with Crippen LogP contribution in [0.15, 0.2) is 41.4 Å². The quantitative estimate of drug-likeness (QED) is 0.875. The second-order valence-electron chi connectivity index (χ2n) is 6.96. The summed E-state index contributed by atoms with van der Waals surface area (Å²) < 4.78 is 2.11. The molecule has 0 saturated carbocycles. The fourth-order valence-electron chi connectivity index (χ4n) is 3.86. The van der Waals surface area contributed by atoms with Gasteiger partial charge in [0.1, 0.15) is 0 Å². The van der Waals surface area contributed by atoms with Gasteiger partial charge in [-0.15, -0.1) is 11.8 Å². The normalized spacial score (nSPS) is 20.3. The number of nitrogens with zero attached hydrogens (tertiary/aromatic N) is 2. The summed E-state index contributed by atoms with van der Waals surface area (Å²) >= 11 is 1.52. The summed E-state index contributed by atoms with van der Waals surface area (Å²) in [7, 11) is 2.04. The third-order valence-electron chi connectivity index (χ3n) is 5.20.